The molecule has 2 aromatic rings. The van der Waals surface area contributed by atoms with Crippen molar-refractivity contribution in [1.29, 1.82) is 5.26 Å². The first kappa shape index (κ1) is 11.4. The Labute approximate surface area is 103 Å². The Bertz CT molecular complexity index is 566. The topological polar surface area (TPSA) is 58.8 Å². The van der Waals surface area contributed by atoms with E-state index < -0.39 is 0 Å². The molecule has 0 radical (unpaired) electrons. The lowest BCUT2D eigenvalue weighted by Crippen LogP contribution is -1.90. The van der Waals surface area contributed by atoms with Gasteiger partial charge in [-0.1, -0.05) is 12.1 Å². The second-order valence-corrected chi connectivity index (χ2v) is 4.10. The quantitative estimate of drug-likeness (QED) is 0.775. The van der Waals surface area contributed by atoms with Gasteiger partial charge in [-0.3, -0.25) is 0 Å². The van der Waals surface area contributed by atoms with E-state index in [1.807, 2.05) is 30.3 Å². The summed E-state index contributed by atoms with van der Waals surface area (Å²) in [4.78, 5) is 9.12. The lowest BCUT2D eigenvalue weighted by atomic mass is 10.3. The highest BCUT2D eigenvalue weighted by atomic mass is 32.2. The van der Waals surface area contributed by atoms with Crippen molar-refractivity contribution in [1.82, 2.24) is 9.97 Å². The lowest BCUT2D eigenvalue weighted by Gasteiger charge is -2.06. The number of para-hydroxylation sites is 1. The maximum absolute atomic E-state index is 8.75. The van der Waals surface area contributed by atoms with Crippen molar-refractivity contribution < 1.29 is 4.74 Å². The molecule has 0 bridgehead atoms. The Morgan fingerprint density at radius 2 is 2.12 bits per heavy atom. The molecule has 0 N–H and O–H groups in total. The number of rotatable bonds is 3. The van der Waals surface area contributed by atoms with E-state index in [4.69, 9.17) is 10.00 Å². The van der Waals surface area contributed by atoms with Gasteiger partial charge < -0.3 is 4.74 Å². The van der Waals surface area contributed by atoms with E-state index in [1.54, 1.807) is 19.4 Å². The summed E-state index contributed by atoms with van der Waals surface area (Å²) in [6, 6.07) is 11.2. The highest BCUT2D eigenvalue weighted by molar-refractivity contribution is 7.99. The lowest BCUT2D eigenvalue weighted by molar-refractivity contribution is 0.405. The van der Waals surface area contributed by atoms with Crippen LogP contribution in [0.4, 0.5) is 0 Å². The minimum Gasteiger partial charge on any atom is -0.496 e. The Hall–Kier alpha value is -2.06. The molecular weight excluding hydrogens is 234 g/mol. The molecule has 1 heterocycles. The summed E-state index contributed by atoms with van der Waals surface area (Å²) in [6.45, 7) is 0. The van der Waals surface area contributed by atoms with Crippen molar-refractivity contribution in [2.45, 2.75) is 10.1 Å². The van der Waals surface area contributed by atoms with Gasteiger partial charge in [-0.2, -0.15) is 5.26 Å². The summed E-state index contributed by atoms with van der Waals surface area (Å²) in [7, 11) is 1.62. The molecule has 0 unspecified atom stereocenters. The van der Waals surface area contributed by atoms with E-state index in [-0.39, 0.29) is 0 Å². The monoisotopic (exact) mass is 243 g/mol. The molecule has 1 aromatic heterocycles. The van der Waals surface area contributed by atoms with Crippen molar-refractivity contribution in [2.24, 2.45) is 0 Å². The van der Waals surface area contributed by atoms with Crippen molar-refractivity contribution in [2.75, 3.05) is 7.11 Å². The van der Waals surface area contributed by atoms with Crippen LogP contribution >= 0.6 is 11.8 Å². The van der Waals surface area contributed by atoms with Gasteiger partial charge in [-0.15, -0.1) is 0 Å². The van der Waals surface area contributed by atoms with Crippen LogP contribution in [0.15, 0.2) is 46.6 Å². The fourth-order valence-electron chi connectivity index (χ4n) is 1.25. The maximum Gasteiger partial charge on any atom is 0.193 e. The van der Waals surface area contributed by atoms with Crippen molar-refractivity contribution >= 4 is 11.8 Å². The number of nitriles is 1. The molecule has 17 heavy (non-hydrogen) atoms. The first-order chi connectivity index (χ1) is 8.33. The number of ether oxygens (including phenoxy) is 1. The van der Waals surface area contributed by atoms with Crippen LogP contribution in [0.25, 0.3) is 0 Å². The minimum atomic E-state index is 0.359. The number of methoxy groups -OCH3 is 1. The molecule has 0 saturated heterocycles. The maximum atomic E-state index is 8.75. The second-order valence-electron chi connectivity index (χ2n) is 3.09. The third-order valence-corrected chi connectivity index (χ3v) is 2.95. The molecule has 0 saturated carbocycles. The predicted octanol–water partition coefficient (Wildman–Crippen LogP) is 2.51. The van der Waals surface area contributed by atoms with Gasteiger partial charge in [0.15, 0.2) is 5.16 Å². The first-order valence-corrected chi connectivity index (χ1v) is 5.69. The van der Waals surface area contributed by atoms with Crippen LogP contribution in [0.2, 0.25) is 0 Å². The Morgan fingerprint density at radius 3 is 2.88 bits per heavy atom. The Kier molecular flexibility index (Phi) is 3.58. The molecular formula is C12H9N3OS. The molecule has 84 valence electrons. The van der Waals surface area contributed by atoms with E-state index in [0.717, 1.165) is 10.6 Å². The fourth-order valence-corrected chi connectivity index (χ4v) is 2.11. The number of aromatic nitrogens is 2. The standard InChI is InChI=1S/C12H9N3OS/c1-16-10-4-2-3-5-11(10)17-12-14-7-6-9(8-13)15-12/h2-7H,1H3. The van der Waals surface area contributed by atoms with E-state index >= 15 is 0 Å². The van der Waals surface area contributed by atoms with Crippen LogP contribution < -0.4 is 4.74 Å². The Morgan fingerprint density at radius 1 is 1.29 bits per heavy atom. The third-order valence-electron chi connectivity index (χ3n) is 2.02. The zero-order valence-electron chi connectivity index (χ0n) is 9.12. The molecule has 0 spiro atoms. The highest BCUT2D eigenvalue weighted by Gasteiger charge is 2.06. The largest absolute Gasteiger partial charge is 0.496 e. The second kappa shape index (κ2) is 5.32. The normalized spacial score (nSPS) is 9.65. The number of hydrogen-bond donors (Lipinski definition) is 0. The molecule has 4 nitrogen and oxygen atoms in total. The molecule has 0 fully saturated rings. The molecule has 5 heteroatoms. The number of nitrogens with zero attached hydrogens (tertiary/aromatic N) is 3. The molecule has 0 atom stereocenters. The van der Waals surface area contributed by atoms with Crippen LogP contribution in [0.1, 0.15) is 5.69 Å². The van der Waals surface area contributed by atoms with Gasteiger partial charge in [0.25, 0.3) is 0 Å². The van der Waals surface area contributed by atoms with Gasteiger partial charge in [0.05, 0.1) is 12.0 Å². The van der Waals surface area contributed by atoms with Crippen molar-refractivity contribution in [3.63, 3.8) is 0 Å². The van der Waals surface area contributed by atoms with Gasteiger partial charge in [0.1, 0.15) is 17.5 Å². The van der Waals surface area contributed by atoms with E-state index in [1.165, 1.54) is 11.8 Å². The third kappa shape index (κ3) is 2.74. The van der Waals surface area contributed by atoms with Crippen LogP contribution in [0.5, 0.6) is 5.75 Å². The van der Waals surface area contributed by atoms with Crippen LogP contribution in [-0.4, -0.2) is 17.1 Å². The van der Waals surface area contributed by atoms with Crippen molar-refractivity contribution in [3.05, 3.63) is 42.2 Å². The Balaban J connectivity index is 2.28. The van der Waals surface area contributed by atoms with Gasteiger partial charge in [-0.05, 0) is 30.0 Å². The predicted molar refractivity (Wildman–Crippen MR) is 63.9 cm³/mol. The molecule has 0 aliphatic carbocycles. The van der Waals surface area contributed by atoms with E-state index in [2.05, 4.69) is 9.97 Å². The summed E-state index contributed by atoms with van der Waals surface area (Å²) in [5, 5.41) is 9.29. The summed E-state index contributed by atoms with van der Waals surface area (Å²) < 4.78 is 5.23. The van der Waals surface area contributed by atoms with Gasteiger partial charge >= 0.3 is 0 Å². The highest BCUT2D eigenvalue weighted by Crippen LogP contribution is 2.32. The average molecular weight is 243 g/mol. The SMILES string of the molecule is COc1ccccc1Sc1nccc(C#N)n1. The van der Waals surface area contributed by atoms with Crippen LogP contribution in [0, 0.1) is 11.3 Å². The first-order valence-electron chi connectivity index (χ1n) is 4.87. The van der Waals surface area contributed by atoms with E-state index in [0.29, 0.717) is 10.9 Å². The van der Waals surface area contributed by atoms with Crippen LogP contribution in [0.3, 0.4) is 0 Å². The van der Waals surface area contributed by atoms with Crippen LogP contribution in [-0.2, 0) is 0 Å². The smallest absolute Gasteiger partial charge is 0.193 e. The van der Waals surface area contributed by atoms with Gasteiger partial charge in [0, 0.05) is 6.20 Å². The fraction of sp³-hybridized carbons (Fsp3) is 0.0833. The van der Waals surface area contributed by atoms with Gasteiger partial charge in [0.2, 0.25) is 0 Å². The molecule has 1 aromatic carbocycles. The van der Waals surface area contributed by atoms with E-state index in [9.17, 15) is 0 Å². The summed E-state index contributed by atoms with van der Waals surface area (Å²) >= 11 is 1.37. The summed E-state index contributed by atoms with van der Waals surface area (Å²) in [5.74, 6) is 0.767. The molecule has 2 rings (SSSR count). The summed E-state index contributed by atoms with van der Waals surface area (Å²) in [5.41, 5.74) is 0.359. The summed E-state index contributed by atoms with van der Waals surface area (Å²) in [6.07, 6.45) is 1.57. The number of hydrogen-bond acceptors (Lipinski definition) is 5. The zero-order chi connectivity index (χ0) is 12.1. The minimum absolute atomic E-state index is 0.359. The van der Waals surface area contributed by atoms with Gasteiger partial charge in [-0.25, -0.2) is 9.97 Å². The zero-order valence-corrected chi connectivity index (χ0v) is 9.94. The number of benzene rings is 1. The molecule has 0 aliphatic rings. The van der Waals surface area contributed by atoms with Crippen molar-refractivity contribution in [3.8, 4) is 11.8 Å². The average Bonchev–Trinajstić information content (AvgIpc) is 2.39. The molecule has 0 amide bonds. The molecule has 0 aliphatic heterocycles.